The van der Waals surface area contributed by atoms with Crippen LogP contribution in [-0.2, 0) is 11.3 Å². The van der Waals surface area contributed by atoms with Gasteiger partial charge in [-0.2, -0.15) is 0 Å². The lowest BCUT2D eigenvalue weighted by Gasteiger charge is -2.43. The molecule has 25 heavy (non-hydrogen) atoms. The second-order valence-corrected chi connectivity index (χ2v) is 7.33. The molecule has 1 heterocycles. The van der Waals surface area contributed by atoms with Gasteiger partial charge in [-0.3, -0.25) is 4.79 Å². The van der Waals surface area contributed by atoms with E-state index >= 15 is 0 Å². The van der Waals surface area contributed by atoms with E-state index in [1.54, 1.807) is 0 Å². The highest BCUT2D eigenvalue weighted by molar-refractivity contribution is 5.85. The summed E-state index contributed by atoms with van der Waals surface area (Å²) in [6, 6.07) is 4.31. The van der Waals surface area contributed by atoms with Crippen LogP contribution in [0, 0.1) is 17.8 Å². The first-order valence-corrected chi connectivity index (χ1v) is 8.70. The predicted octanol–water partition coefficient (Wildman–Crippen LogP) is 2.76. The van der Waals surface area contributed by atoms with Crippen LogP contribution in [0.25, 0.3) is 0 Å². The van der Waals surface area contributed by atoms with E-state index in [2.05, 4.69) is 10.3 Å². The van der Waals surface area contributed by atoms with Crippen LogP contribution in [0.1, 0.15) is 37.7 Å². The summed E-state index contributed by atoms with van der Waals surface area (Å²) >= 11 is 0. The summed E-state index contributed by atoms with van der Waals surface area (Å²) in [6.45, 7) is 0.553. The zero-order valence-corrected chi connectivity index (χ0v) is 16.6. The molecule has 0 aromatic carbocycles. The van der Waals surface area contributed by atoms with Crippen LogP contribution in [0.15, 0.2) is 18.3 Å². The number of carbonyl (C=O) groups excluding carboxylic acids is 1. The first-order chi connectivity index (χ1) is 11.0. The number of nitrogens with one attached hydrogen (secondary N) is 1. The predicted molar refractivity (Wildman–Crippen MR) is 106 cm³/mol. The van der Waals surface area contributed by atoms with Gasteiger partial charge in [-0.05, 0) is 49.1 Å². The Morgan fingerprint density at radius 1 is 1.24 bits per heavy atom. The topological polar surface area (TPSA) is 71.2 Å². The van der Waals surface area contributed by atoms with E-state index < -0.39 is 0 Å². The maximum Gasteiger partial charge on any atom is 0.223 e. The Hall–Kier alpha value is -1.04. The van der Waals surface area contributed by atoms with Gasteiger partial charge in [0.15, 0.2) is 0 Å². The summed E-state index contributed by atoms with van der Waals surface area (Å²) in [6.07, 6.45) is 7.42. The third-order valence-corrected chi connectivity index (χ3v) is 5.52. The van der Waals surface area contributed by atoms with E-state index in [9.17, 15) is 4.79 Å². The molecule has 2 aliphatic carbocycles. The molecule has 142 valence electrons. The second-order valence-electron chi connectivity index (χ2n) is 7.33. The smallest absolute Gasteiger partial charge is 0.223 e. The molecular formula is C18H30Cl2N4O. The van der Waals surface area contributed by atoms with Crippen molar-refractivity contribution < 1.29 is 4.79 Å². The molecule has 2 unspecified atom stereocenters. The number of fused-ring (bicyclic) bond motifs is 2. The maximum absolute atomic E-state index is 12.5. The standard InChI is InChI=1S/C18H28N4O.2ClH/c1-22(2)16-7-6-12(10-20-16)11-21-18(23)15-8-13-4-3-5-14(9-15)17(13)19;;/h6-7,10,13-15,17H,3-5,8-9,11,19H2,1-2H3,(H,21,23);2*1H. The van der Waals surface area contributed by atoms with Gasteiger partial charge in [0.05, 0.1) is 0 Å². The fourth-order valence-electron chi connectivity index (χ4n) is 4.12. The number of carbonyl (C=O) groups is 1. The number of hydrogen-bond acceptors (Lipinski definition) is 4. The van der Waals surface area contributed by atoms with Crippen molar-refractivity contribution in [3.05, 3.63) is 23.9 Å². The molecule has 3 rings (SSSR count). The maximum atomic E-state index is 12.5. The van der Waals surface area contributed by atoms with E-state index in [0.29, 0.717) is 24.4 Å². The SMILES string of the molecule is CN(C)c1ccc(CNC(=O)C2CC3CCCC(C2)C3N)cn1.Cl.Cl. The summed E-state index contributed by atoms with van der Waals surface area (Å²) in [7, 11) is 3.93. The first kappa shape index (κ1) is 22.0. The summed E-state index contributed by atoms with van der Waals surface area (Å²) in [5.41, 5.74) is 7.34. The number of aromatic nitrogens is 1. The molecule has 0 radical (unpaired) electrons. The fraction of sp³-hybridized carbons (Fsp3) is 0.667. The van der Waals surface area contributed by atoms with E-state index in [1.807, 2.05) is 37.3 Å². The number of rotatable bonds is 4. The largest absolute Gasteiger partial charge is 0.363 e. The second kappa shape index (κ2) is 9.60. The van der Waals surface area contributed by atoms with Gasteiger partial charge in [-0.15, -0.1) is 24.8 Å². The number of anilines is 1. The number of nitrogens with two attached hydrogens (primary N) is 1. The lowest BCUT2D eigenvalue weighted by atomic mass is 9.65. The molecule has 2 bridgehead atoms. The number of pyridine rings is 1. The monoisotopic (exact) mass is 388 g/mol. The molecule has 1 aromatic heterocycles. The molecule has 1 amide bonds. The van der Waals surface area contributed by atoms with Crippen molar-refractivity contribution in [3.8, 4) is 0 Å². The number of amides is 1. The molecule has 0 saturated heterocycles. The Bertz CT molecular complexity index is 539. The van der Waals surface area contributed by atoms with E-state index in [-0.39, 0.29) is 36.6 Å². The van der Waals surface area contributed by atoms with Crippen LogP contribution in [0.2, 0.25) is 0 Å². The average Bonchev–Trinajstić information content (AvgIpc) is 2.52. The number of hydrogen-bond donors (Lipinski definition) is 2. The van der Waals surface area contributed by atoms with Crippen molar-refractivity contribution in [2.24, 2.45) is 23.5 Å². The van der Waals surface area contributed by atoms with E-state index in [1.165, 1.54) is 19.3 Å². The van der Waals surface area contributed by atoms with Gasteiger partial charge < -0.3 is 16.0 Å². The van der Waals surface area contributed by atoms with Crippen LogP contribution in [-0.4, -0.2) is 31.0 Å². The molecule has 2 saturated carbocycles. The molecule has 0 spiro atoms. The Morgan fingerprint density at radius 3 is 2.40 bits per heavy atom. The van der Waals surface area contributed by atoms with Gasteiger partial charge in [-0.25, -0.2) is 4.98 Å². The van der Waals surface area contributed by atoms with Crippen LogP contribution < -0.4 is 16.0 Å². The highest BCUT2D eigenvalue weighted by atomic mass is 35.5. The van der Waals surface area contributed by atoms with Crippen molar-refractivity contribution in [1.29, 1.82) is 0 Å². The highest BCUT2D eigenvalue weighted by Crippen LogP contribution is 2.41. The van der Waals surface area contributed by atoms with E-state index in [0.717, 1.165) is 24.2 Å². The number of halogens is 2. The van der Waals surface area contributed by atoms with Crippen molar-refractivity contribution >= 4 is 36.5 Å². The molecule has 7 heteroatoms. The third kappa shape index (κ3) is 5.22. The van der Waals surface area contributed by atoms with Gasteiger partial charge in [0, 0.05) is 38.8 Å². The van der Waals surface area contributed by atoms with Gasteiger partial charge in [-0.1, -0.05) is 12.5 Å². The van der Waals surface area contributed by atoms with E-state index in [4.69, 9.17) is 5.73 Å². The highest BCUT2D eigenvalue weighted by Gasteiger charge is 2.40. The molecule has 1 aromatic rings. The Balaban J connectivity index is 0.00000156. The normalized spacial score (nSPS) is 27.5. The zero-order chi connectivity index (χ0) is 16.4. The fourth-order valence-corrected chi connectivity index (χ4v) is 4.12. The van der Waals surface area contributed by atoms with Crippen LogP contribution in [0.4, 0.5) is 5.82 Å². The Morgan fingerprint density at radius 2 is 1.88 bits per heavy atom. The Labute approximate surface area is 163 Å². The summed E-state index contributed by atoms with van der Waals surface area (Å²) < 4.78 is 0. The first-order valence-electron chi connectivity index (χ1n) is 8.70. The minimum Gasteiger partial charge on any atom is -0.363 e. The number of nitrogens with zero attached hydrogens (tertiary/aromatic N) is 2. The lowest BCUT2D eigenvalue weighted by Crippen LogP contribution is -2.49. The quantitative estimate of drug-likeness (QED) is 0.831. The molecule has 2 fully saturated rings. The van der Waals surface area contributed by atoms with Gasteiger partial charge in [0.2, 0.25) is 5.91 Å². The van der Waals surface area contributed by atoms with Gasteiger partial charge >= 0.3 is 0 Å². The summed E-state index contributed by atoms with van der Waals surface area (Å²) in [5.74, 6) is 2.33. The molecule has 2 atom stereocenters. The van der Waals surface area contributed by atoms with Crippen LogP contribution in [0.3, 0.4) is 0 Å². The van der Waals surface area contributed by atoms with Crippen molar-refractivity contribution in [2.45, 2.75) is 44.7 Å². The summed E-state index contributed by atoms with van der Waals surface area (Å²) in [5, 5.41) is 3.09. The van der Waals surface area contributed by atoms with Crippen molar-refractivity contribution in [2.75, 3.05) is 19.0 Å². The molecule has 3 N–H and O–H groups in total. The Kier molecular flexibility index (Phi) is 8.45. The lowest BCUT2D eigenvalue weighted by molar-refractivity contribution is -0.128. The minimum absolute atomic E-state index is 0. The van der Waals surface area contributed by atoms with Gasteiger partial charge in [0.25, 0.3) is 0 Å². The zero-order valence-electron chi connectivity index (χ0n) is 15.0. The minimum atomic E-state index is 0. The molecular weight excluding hydrogens is 359 g/mol. The van der Waals surface area contributed by atoms with Crippen molar-refractivity contribution in [3.63, 3.8) is 0 Å². The van der Waals surface area contributed by atoms with Crippen LogP contribution >= 0.6 is 24.8 Å². The molecule has 0 aliphatic heterocycles. The van der Waals surface area contributed by atoms with Crippen LogP contribution in [0.5, 0.6) is 0 Å². The van der Waals surface area contributed by atoms with Gasteiger partial charge in [0.1, 0.15) is 5.82 Å². The molecule has 2 aliphatic rings. The molecule has 5 nitrogen and oxygen atoms in total. The summed E-state index contributed by atoms with van der Waals surface area (Å²) in [4.78, 5) is 18.9. The average molecular weight is 389 g/mol. The van der Waals surface area contributed by atoms with Crippen molar-refractivity contribution in [1.82, 2.24) is 10.3 Å². The third-order valence-electron chi connectivity index (χ3n) is 5.52.